The predicted octanol–water partition coefficient (Wildman–Crippen LogP) is 5.58. The number of carbonyl (C=O) groups is 1. The summed E-state index contributed by atoms with van der Waals surface area (Å²) in [7, 11) is -8.12. The van der Waals surface area contributed by atoms with Gasteiger partial charge in [-0.1, -0.05) is 48.5 Å². The molecule has 5 aromatic rings. The van der Waals surface area contributed by atoms with Crippen molar-refractivity contribution in [1.82, 2.24) is 9.03 Å². The second-order valence-electron chi connectivity index (χ2n) is 11.4. The van der Waals surface area contributed by atoms with Crippen LogP contribution in [-0.2, 0) is 20.0 Å². The molecule has 0 aliphatic carbocycles. The van der Waals surface area contributed by atoms with Gasteiger partial charge in [-0.2, -0.15) is 4.31 Å². The molecule has 5 aromatic carbocycles. The van der Waals surface area contributed by atoms with E-state index in [0.29, 0.717) is 25.4 Å². The monoisotopic (exact) mass is 731 g/mol. The summed E-state index contributed by atoms with van der Waals surface area (Å²) in [5, 5.41) is 16.6. The summed E-state index contributed by atoms with van der Waals surface area (Å²) in [5.74, 6) is -0.272. The summed E-state index contributed by atoms with van der Waals surface area (Å²) in [6.07, 6.45) is 0. The fourth-order valence-corrected chi connectivity index (χ4v) is 8.82. The van der Waals surface area contributed by atoms with Crippen LogP contribution < -0.4 is 14.9 Å². The molecule has 50 heavy (non-hydrogen) atoms. The van der Waals surface area contributed by atoms with Gasteiger partial charge in [-0.3, -0.25) is 14.9 Å². The van der Waals surface area contributed by atoms with Crippen LogP contribution in [0.4, 0.5) is 17.1 Å². The lowest BCUT2D eigenvalue weighted by molar-refractivity contribution is -0.384. The molecular formula is C35H33N5O7S3. The first kappa shape index (κ1) is 34.9. The number of hydrogen-bond donors (Lipinski definition) is 2. The van der Waals surface area contributed by atoms with Crippen LogP contribution in [0.5, 0.6) is 0 Å². The van der Waals surface area contributed by atoms with E-state index < -0.39 is 41.5 Å². The van der Waals surface area contributed by atoms with Gasteiger partial charge in [0.15, 0.2) is 0 Å². The van der Waals surface area contributed by atoms with E-state index in [0.717, 1.165) is 27.4 Å². The molecule has 0 spiro atoms. The average molecular weight is 732 g/mol. The molecule has 0 bridgehead atoms. The quantitative estimate of drug-likeness (QED) is 0.0718. The van der Waals surface area contributed by atoms with Gasteiger partial charge >= 0.3 is 0 Å². The van der Waals surface area contributed by atoms with Crippen LogP contribution in [0.15, 0.2) is 130 Å². The highest BCUT2D eigenvalue weighted by atomic mass is 32.2. The SMILES string of the molecule is O=C(NS(=O)(=O)c1ccc(NCCSc2ccccc2)c([N+](=O)[O-])c1)c1ccc(N2CCN(S(=O)(=O)c3ccc4ccccc4c3)CC2)cc1. The molecule has 6 rings (SSSR count). The minimum absolute atomic E-state index is 0.0681. The standard InChI is InChI=1S/C35H33N5O7S3/c41-35(37-49(44,45)31-16-17-33(34(25-31)40(42)43)36-18-23-48-30-8-2-1-3-9-30)27-10-13-29(14-11-27)38-19-21-39(22-20-38)50(46,47)32-15-12-26-6-4-5-7-28(26)24-32/h1-17,24-25,36H,18-23H2,(H,37,41). The lowest BCUT2D eigenvalue weighted by Gasteiger charge is -2.35. The molecule has 1 saturated heterocycles. The molecule has 0 aromatic heterocycles. The molecule has 0 unspecified atom stereocenters. The largest absolute Gasteiger partial charge is 0.379 e. The summed E-state index contributed by atoms with van der Waals surface area (Å²) < 4.78 is 56.3. The maximum Gasteiger partial charge on any atom is 0.293 e. The van der Waals surface area contributed by atoms with Gasteiger partial charge in [-0.25, -0.2) is 21.6 Å². The Morgan fingerprint density at radius 1 is 0.760 bits per heavy atom. The molecule has 1 fully saturated rings. The fourth-order valence-electron chi connectivity index (χ4n) is 5.58. The van der Waals surface area contributed by atoms with Gasteiger partial charge in [0.25, 0.3) is 21.6 Å². The van der Waals surface area contributed by atoms with Gasteiger partial charge < -0.3 is 10.2 Å². The van der Waals surface area contributed by atoms with E-state index in [2.05, 4.69) is 5.32 Å². The van der Waals surface area contributed by atoms with Crippen LogP contribution in [-0.4, -0.2) is 70.4 Å². The molecule has 1 heterocycles. The molecule has 0 radical (unpaired) electrons. The molecule has 15 heteroatoms. The highest BCUT2D eigenvalue weighted by Crippen LogP contribution is 2.29. The van der Waals surface area contributed by atoms with E-state index >= 15 is 0 Å². The zero-order chi connectivity index (χ0) is 35.3. The van der Waals surface area contributed by atoms with Crippen molar-refractivity contribution in [1.29, 1.82) is 0 Å². The smallest absolute Gasteiger partial charge is 0.293 e. The summed E-state index contributed by atoms with van der Waals surface area (Å²) in [4.78, 5) is 26.9. The number of nitrogens with one attached hydrogen (secondary N) is 2. The van der Waals surface area contributed by atoms with Crippen LogP contribution in [0.3, 0.4) is 0 Å². The van der Waals surface area contributed by atoms with E-state index in [9.17, 15) is 31.7 Å². The Morgan fingerprint density at radius 3 is 2.12 bits per heavy atom. The molecule has 2 N–H and O–H groups in total. The number of amides is 1. The third kappa shape index (κ3) is 7.91. The van der Waals surface area contributed by atoms with Gasteiger partial charge in [0.2, 0.25) is 10.0 Å². The maximum atomic E-state index is 13.4. The van der Waals surface area contributed by atoms with E-state index in [1.165, 1.54) is 28.6 Å². The number of carbonyl (C=O) groups excluding carboxylic acids is 1. The Labute approximate surface area is 294 Å². The van der Waals surface area contributed by atoms with Crippen LogP contribution in [0.2, 0.25) is 0 Å². The summed E-state index contributed by atoms with van der Waals surface area (Å²) in [6, 6.07) is 32.1. The number of piperazine rings is 1. The number of hydrogen-bond acceptors (Lipinski definition) is 10. The lowest BCUT2D eigenvalue weighted by atomic mass is 10.1. The second-order valence-corrected chi connectivity index (χ2v) is 16.2. The van der Waals surface area contributed by atoms with Gasteiger partial charge in [0.1, 0.15) is 5.69 Å². The molecule has 258 valence electrons. The molecule has 12 nitrogen and oxygen atoms in total. The Balaban J connectivity index is 1.05. The van der Waals surface area contributed by atoms with Crippen molar-refractivity contribution in [3.8, 4) is 0 Å². The van der Waals surface area contributed by atoms with E-state index in [1.54, 1.807) is 42.1 Å². The predicted molar refractivity (Wildman–Crippen MR) is 195 cm³/mol. The topological polar surface area (TPSA) is 159 Å². The Bertz CT molecular complexity index is 2240. The first-order valence-corrected chi connectivity index (χ1v) is 19.5. The number of rotatable bonds is 12. The highest BCUT2D eigenvalue weighted by molar-refractivity contribution is 7.99. The minimum atomic E-state index is -4.44. The number of nitro benzene ring substituents is 1. The fraction of sp³-hybridized carbons (Fsp3) is 0.171. The first-order chi connectivity index (χ1) is 24.0. The van der Waals surface area contributed by atoms with Crippen LogP contribution in [0.1, 0.15) is 10.4 Å². The maximum absolute atomic E-state index is 13.4. The van der Waals surface area contributed by atoms with Crippen molar-refractivity contribution in [2.24, 2.45) is 0 Å². The summed E-state index contributed by atoms with van der Waals surface area (Å²) in [6.45, 7) is 1.77. The Hall–Kier alpha value is -4.96. The number of nitro groups is 1. The third-order valence-electron chi connectivity index (χ3n) is 8.22. The average Bonchev–Trinajstić information content (AvgIpc) is 3.13. The van der Waals surface area contributed by atoms with Crippen molar-refractivity contribution >= 4 is 65.6 Å². The zero-order valence-corrected chi connectivity index (χ0v) is 29.1. The molecule has 1 aliphatic heterocycles. The van der Waals surface area contributed by atoms with Crippen molar-refractivity contribution in [2.45, 2.75) is 14.7 Å². The number of fused-ring (bicyclic) bond motifs is 1. The first-order valence-electron chi connectivity index (χ1n) is 15.6. The van der Waals surface area contributed by atoms with Gasteiger partial charge in [0.05, 0.1) is 14.7 Å². The van der Waals surface area contributed by atoms with Crippen molar-refractivity contribution in [3.63, 3.8) is 0 Å². The van der Waals surface area contributed by atoms with Gasteiger partial charge in [-0.15, -0.1) is 11.8 Å². The number of sulfonamides is 2. The normalized spacial score (nSPS) is 14.0. The van der Waals surface area contributed by atoms with Crippen molar-refractivity contribution < 1.29 is 26.6 Å². The molecular weight excluding hydrogens is 699 g/mol. The van der Waals surface area contributed by atoms with Crippen molar-refractivity contribution in [2.75, 3.05) is 48.7 Å². The number of anilines is 2. The number of benzene rings is 5. The van der Waals surface area contributed by atoms with Gasteiger partial charge in [0, 0.05) is 60.7 Å². The number of thioether (sulfide) groups is 1. The summed E-state index contributed by atoms with van der Waals surface area (Å²) >= 11 is 1.57. The molecule has 1 amide bonds. The van der Waals surface area contributed by atoms with Crippen LogP contribution in [0, 0.1) is 10.1 Å². The number of nitrogens with zero attached hydrogens (tertiary/aromatic N) is 3. The van der Waals surface area contributed by atoms with Gasteiger partial charge in [-0.05, 0) is 71.4 Å². The summed E-state index contributed by atoms with van der Waals surface area (Å²) in [5.41, 5.74) is 0.544. The zero-order valence-electron chi connectivity index (χ0n) is 26.6. The van der Waals surface area contributed by atoms with E-state index in [4.69, 9.17) is 0 Å². The van der Waals surface area contributed by atoms with Crippen LogP contribution >= 0.6 is 11.8 Å². The van der Waals surface area contributed by atoms with Crippen molar-refractivity contribution in [3.05, 3.63) is 131 Å². The van der Waals surface area contributed by atoms with E-state index in [-0.39, 0.29) is 29.2 Å². The Morgan fingerprint density at radius 2 is 1.42 bits per heavy atom. The van der Waals surface area contributed by atoms with Crippen LogP contribution in [0.25, 0.3) is 10.8 Å². The highest BCUT2D eigenvalue weighted by Gasteiger charge is 2.29. The Kier molecular flexibility index (Phi) is 10.4. The van der Waals surface area contributed by atoms with E-state index in [1.807, 2.05) is 64.2 Å². The minimum Gasteiger partial charge on any atom is -0.379 e. The molecule has 1 aliphatic rings. The molecule has 0 atom stereocenters. The molecule has 0 saturated carbocycles. The third-order valence-corrected chi connectivity index (χ3v) is 12.5. The lowest BCUT2D eigenvalue weighted by Crippen LogP contribution is -2.48. The second kappa shape index (κ2) is 14.9.